The number of nitrogens with one attached hydrogen (secondary N) is 1. The molecule has 0 spiro atoms. The lowest BCUT2D eigenvalue weighted by Crippen LogP contribution is -2.50. The van der Waals surface area contributed by atoms with Gasteiger partial charge in [-0.05, 0) is 67.9 Å². The third-order valence-electron chi connectivity index (χ3n) is 5.93. The number of ether oxygens (including phenoxy) is 1. The Morgan fingerprint density at radius 1 is 0.973 bits per heavy atom. The molecule has 0 radical (unpaired) electrons. The highest BCUT2D eigenvalue weighted by Crippen LogP contribution is 2.26. The first kappa shape index (κ1) is 28.2. The third kappa shape index (κ3) is 6.90. The van der Waals surface area contributed by atoms with Gasteiger partial charge >= 0.3 is 0 Å². The number of hydrogen-bond acceptors (Lipinski definition) is 5. The van der Waals surface area contributed by atoms with Crippen LogP contribution in [0.25, 0.3) is 0 Å². The Morgan fingerprint density at radius 2 is 1.57 bits per heavy atom. The van der Waals surface area contributed by atoms with Gasteiger partial charge in [0.05, 0.1) is 17.7 Å². The van der Waals surface area contributed by atoms with Crippen molar-refractivity contribution in [1.82, 2.24) is 10.2 Å². The van der Waals surface area contributed by atoms with Gasteiger partial charge < -0.3 is 15.0 Å². The Kier molecular flexibility index (Phi) is 9.34. The molecule has 2 amide bonds. The van der Waals surface area contributed by atoms with Crippen molar-refractivity contribution in [2.45, 2.75) is 31.3 Å². The molecule has 8 nitrogen and oxygen atoms in total. The molecule has 0 aliphatic carbocycles. The predicted octanol–water partition coefficient (Wildman–Crippen LogP) is 4.12. The first-order chi connectivity index (χ1) is 17.6. The van der Waals surface area contributed by atoms with E-state index >= 15 is 0 Å². The fourth-order valence-corrected chi connectivity index (χ4v) is 5.37. The van der Waals surface area contributed by atoms with Crippen molar-refractivity contribution in [3.8, 4) is 5.75 Å². The van der Waals surface area contributed by atoms with E-state index in [9.17, 15) is 18.0 Å². The summed E-state index contributed by atoms with van der Waals surface area (Å²) in [6.07, 6.45) is 0. The van der Waals surface area contributed by atoms with Crippen molar-refractivity contribution in [3.05, 3.63) is 88.4 Å². The van der Waals surface area contributed by atoms with Crippen molar-refractivity contribution in [3.63, 3.8) is 0 Å². The fraction of sp³-hybridized carbons (Fsp3) is 0.259. The van der Waals surface area contributed by atoms with Crippen LogP contribution in [-0.4, -0.2) is 51.9 Å². The maximum atomic E-state index is 13.7. The van der Waals surface area contributed by atoms with E-state index in [2.05, 4.69) is 21.2 Å². The molecule has 0 heterocycles. The standard InChI is InChI=1S/C27H30BrN3O5S/c1-19-5-15-25(16-6-19)37(34,35)31(23-11-9-22(28)10-12-23)18-26(32)30(20(2)27(33)29-3)17-21-7-13-24(36-4)14-8-21/h5-16,20H,17-18H2,1-4H3,(H,29,33)/t20-/m0/s1. The van der Waals surface area contributed by atoms with Crippen molar-refractivity contribution < 1.29 is 22.7 Å². The van der Waals surface area contributed by atoms with Gasteiger partial charge in [-0.2, -0.15) is 0 Å². The van der Waals surface area contributed by atoms with Crippen LogP contribution in [0, 0.1) is 6.92 Å². The van der Waals surface area contributed by atoms with Crippen molar-refractivity contribution >= 4 is 43.5 Å². The van der Waals surface area contributed by atoms with Crippen LogP contribution >= 0.6 is 15.9 Å². The number of carbonyl (C=O) groups is 2. The van der Waals surface area contributed by atoms with Crippen molar-refractivity contribution in [2.75, 3.05) is 25.0 Å². The summed E-state index contributed by atoms with van der Waals surface area (Å²) in [5, 5.41) is 2.57. The molecule has 3 rings (SSSR count). The van der Waals surface area contributed by atoms with Crippen LogP contribution in [0.3, 0.4) is 0 Å². The van der Waals surface area contributed by atoms with Crippen LogP contribution in [0.5, 0.6) is 5.75 Å². The number of likely N-dealkylation sites (N-methyl/N-ethyl adjacent to an activating group) is 1. The lowest BCUT2D eigenvalue weighted by Gasteiger charge is -2.31. The summed E-state index contributed by atoms with van der Waals surface area (Å²) in [7, 11) is -1.04. The summed E-state index contributed by atoms with van der Waals surface area (Å²) >= 11 is 3.37. The number of aryl methyl sites for hydroxylation is 1. The third-order valence-corrected chi connectivity index (χ3v) is 8.24. The van der Waals surface area contributed by atoms with E-state index in [1.54, 1.807) is 74.7 Å². The number of carbonyl (C=O) groups excluding carboxylic acids is 2. The van der Waals surface area contributed by atoms with Gasteiger partial charge in [-0.15, -0.1) is 0 Å². The molecular weight excluding hydrogens is 558 g/mol. The number of methoxy groups -OCH3 is 1. The van der Waals surface area contributed by atoms with E-state index in [4.69, 9.17) is 4.74 Å². The molecule has 1 N–H and O–H groups in total. The molecule has 0 saturated carbocycles. The number of anilines is 1. The highest BCUT2D eigenvalue weighted by molar-refractivity contribution is 9.10. The Hall–Kier alpha value is -3.37. The average molecular weight is 589 g/mol. The first-order valence-corrected chi connectivity index (χ1v) is 13.8. The van der Waals surface area contributed by atoms with Crippen LogP contribution in [0.1, 0.15) is 18.1 Å². The Labute approximate surface area is 226 Å². The maximum Gasteiger partial charge on any atom is 0.264 e. The van der Waals surface area contributed by atoms with E-state index < -0.39 is 28.5 Å². The number of benzene rings is 3. The van der Waals surface area contributed by atoms with Gasteiger partial charge in [-0.3, -0.25) is 13.9 Å². The molecule has 10 heteroatoms. The number of hydrogen-bond donors (Lipinski definition) is 1. The van der Waals surface area contributed by atoms with Gasteiger partial charge in [0, 0.05) is 18.1 Å². The van der Waals surface area contributed by atoms with Gasteiger partial charge in [0.1, 0.15) is 18.3 Å². The van der Waals surface area contributed by atoms with E-state index in [1.165, 1.54) is 24.1 Å². The topological polar surface area (TPSA) is 96.0 Å². The number of amides is 2. The van der Waals surface area contributed by atoms with Crippen LogP contribution in [0.2, 0.25) is 0 Å². The molecule has 0 aromatic heterocycles. The molecule has 3 aromatic rings. The smallest absolute Gasteiger partial charge is 0.264 e. The minimum Gasteiger partial charge on any atom is -0.497 e. The van der Waals surface area contributed by atoms with Crippen LogP contribution in [0.4, 0.5) is 5.69 Å². The van der Waals surface area contributed by atoms with Crippen molar-refractivity contribution in [2.24, 2.45) is 0 Å². The van der Waals surface area contributed by atoms with Crippen molar-refractivity contribution in [1.29, 1.82) is 0 Å². The largest absolute Gasteiger partial charge is 0.497 e. The monoisotopic (exact) mass is 587 g/mol. The second-order valence-corrected chi connectivity index (χ2v) is 11.2. The Balaban J connectivity index is 2.00. The second-order valence-electron chi connectivity index (χ2n) is 8.46. The SMILES string of the molecule is CNC(=O)[C@H](C)N(Cc1ccc(OC)cc1)C(=O)CN(c1ccc(Br)cc1)S(=O)(=O)c1ccc(C)cc1. The lowest BCUT2D eigenvalue weighted by atomic mass is 10.1. The molecule has 196 valence electrons. The normalized spacial score (nSPS) is 11.9. The molecular formula is C27H30BrN3O5S. The van der Waals surface area contributed by atoms with Gasteiger partial charge in [0.15, 0.2) is 0 Å². The zero-order valence-corrected chi connectivity index (χ0v) is 23.5. The van der Waals surface area contributed by atoms with Crippen LogP contribution < -0.4 is 14.4 Å². The van der Waals surface area contributed by atoms with Gasteiger partial charge in [0.2, 0.25) is 11.8 Å². The lowest BCUT2D eigenvalue weighted by molar-refractivity contribution is -0.139. The molecule has 0 fully saturated rings. The number of sulfonamides is 1. The average Bonchev–Trinajstić information content (AvgIpc) is 2.90. The van der Waals surface area contributed by atoms with Gasteiger partial charge in [-0.1, -0.05) is 45.8 Å². The quantitative estimate of drug-likeness (QED) is 0.385. The molecule has 0 aliphatic rings. The molecule has 0 aliphatic heterocycles. The van der Waals surface area contributed by atoms with Gasteiger partial charge in [-0.25, -0.2) is 8.42 Å². The molecule has 1 atom stereocenters. The molecule has 0 saturated heterocycles. The summed E-state index contributed by atoms with van der Waals surface area (Å²) in [6, 6.07) is 19.4. The molecule has 0 bridgehead atoms. The highest BCUT2D eigenvalue weighted by atomic mass is 79.9. The van der Waals surface area contributed by atoms with Gasteiger partial charge in [0.25, 0.3) is 10.0 Å². The summed E-state index contributed by atoms with van der Waals surface area (Å²) in [5.41, 5.74) is 2.01. The molecule has 3 aromatic carbocycles. The van der Waals surface area contributed by atoms with Crippen LogP contribution in [-0.2, 0) is 26.2 Å². The number of rotatable bonds is 10. The minimum atomic E-state index is -4.09. The van der Waals surface area contributed by atoms with E-state index in [0.717, 1.165) is 19.9 Å². The van der Waals surface area contributed by atoms with E-state index in [1.807, 2.05) is 6.92 Å². The summed E-state index contributed by atoms with van der Waals surface area (Å²) < 4.78 is 34.5. The minimum absolute atomic E-state index is 0.0647. The number of nitrogens with zero attached hydrogens (tertiary/aromatic N) is 2. The second kappa shape index (κ2) is 12.2. The summed E-state index contributed by atoms with van der Waals surface area (Å²) in [4.78, 5) is 27.7. The molecule has 37 heavy (non-hydrogen) atoms. The zero-order valence-electron chi connectivity index (χ0n) is 21.1. The first-order valence-electron chi connectivity index (χ1n) is 11.6. The zero-order chi connectivity index (χ0) is 27.2. The van der Waals surface area contributed by atoms with Crippen LogP contribution in [0.15, 0.2) is 82.2 Å². The summed E-state index contributed by atoms with van der Waals surface area (Å²) in [6.45, 7) is 3.09. The Bertz CT molecular complexity index is 1330. The van der Waals surface area contributed by atoms with E-state index in [-0.39, 0.29) is 17.3 Å². The predicted molar refractivity (Wildman–Crippen MR) is 147 cm³/mol. The molecule has 0 unspecified atom stereocenters. The summed E-state index contributed by atoms with van der Waals surface area (Å²) in [5.74, 6) is -0.226. The Morgan fingerprint density at radius 3 is 2.11 bits per heavy atom. The fourth-order valence-electron chi connectivity index (χ4n) is 3.69. The highest BCUT2D eigenvalue weighted by Gasteiger charge is 2.32. The van der Waals surface area contributed by atoms with E-state index in [0.29, 0.717) is 11.4 Å². The maximum absolute atomic E-state index is 13.7. The number of halogens is 1.